The normalized spacial score (nSPS) is 23.0. The SMILES string of the molecule is Brc1cccnc1C1COCCO1. The fourth-order valence-corrected chi connectivity index (χ4v) is 1.79. The molecule has 1 aromatic heterocycles. The predicted octanol–water partition coefficient (Wildman–Crippen LogP) is 1.93. The first-order valence-corrected chi connectivity index (χ1v) is 4.97. The Bertz CT molecular complexity index is 287. The minimum atomic E-state index is -0.0238. The van der Waals surface area contributed by atoms with Crippen molar-refractivity contribution in [3.05, 3.63) is 28.5 Å². The van der Waals surface area contributed by atoms with E-state index in [0.29, 0.717) is 19.8 Å². The van der Waals surface area contributed by atoms with Gasteiger partial charge >= 0.3 is 0 Å². The van der Waals surface area contributed by atoms with E-state index < -0.39 is 0 Å². The van der Waals surface area contributed by atoms with Crippen molar-refractivity contribution in [3.63, 3.8) is 0 Å². The number of rotatable bonds is 1. The molecule has 1 unspecified atom stereocenters. The van der Waals surface area contributed by atoms with Crippen LogP contribution in [0, 0.1) is 0 Å². The number of hydrogen-bond acceptors (Lipinski definition) is 3. The first-order valence-electron chi connectivity index (χ1n) is 4.17. The highest BCUT2D eigenvalue weighted by molar-refractivity contribution is 9.10. The van der Waals surface area contributed by atoms with Crippen LogP contribution in [0.1, 0.15) is 11.8 Å². The molecule has 2 heterocycles. The number of hydrogen-bond donors (Lipinski definition) is 0. The lowest BCUT2D eigenvalue weighted by molar-refractivity contribution is -0.0920. The van der Waals surface area contributed by atoms with Gasteiger partial charge in [-0.15, -0.1) is 0 Å². The maximum Gasteiger partial charge on any atom is 0.124 e. The van der Waals surface area contributed by atoms with Crippen LogP contribution in [0.4, 0.5) is 0 Å². The molecular weight excluding hydrogens is 234 g/mol. The van der Waals surface area contributed by atoms with Crippen LogP contribution in [0.5, 0.6) is 0 Å². The second-order valence-corrected chi connectivity index (χ2v) is 3.66. The highest BCUT2D eigenvalue weighted by Gasteiger charge is 2.19. The lowest BCUT2D eigenvalue weighted by Crippen LogP contribution is -2.22. The summed E-state index contributed by atoms with van der Waals surface area (Å²) in [6.45, 7) is 1.92. The number of aromatic nitrogens is 1. The summed E-state index contributed by atoms with van der Waals surface area (Å²) in [4.78, 5) is 4.25. The zero-order chi connectivity index (χ0) is 9.10. The molecule has 0 aliphatic carbocycles. The molecule has 1 aliphatic rings. The van der Waals surface area contributed by atoms with Crippen molar-refractivity contribution in [1.82, 2.24) is 4.98 Å². The van der Waals surface area contributed by atoms with Gasteiger partial charge in [0, 0.05) is 10.7 Å². The molecule has 1 fully saturated rings. The third kappa shape index (κ3) is 2.07. The molecular formula is C9H10BrNO2. The largest absolute Gasteiger partial charge is 0.376 e. The summed E-state index contributed by atoms with van der Waals surface area (Å²) in [7, 11) is 0. The standard InChI is InChI=1S/C9H10BrNO2/c10-7-2-1-3-11-9(7)8-6-12-4-5-13-8/h1-3,8H,4-6H2. The van der Waals surface area contributed by atoms with E-state index in [2.05, 4.69) is 20.9 Å². The van der Waals surface area contributed by atoms with Crippen molar-refractivity contribution in [2.45, 2.75) is 6.10 Å². The second-order valence-electron chi connectivity index (χ2n) is 2.80. The third-order valence-corrected chi connectivity index (χ3v) is 2.58. The summed E-state index contributed by atoms with van der Waals surface area (Å²) in [5.41, 5.74) is 0.919. The Morgan fingerprint density at radius 2 is 2.38 bits per heavy atom. The van der Waals surface area contributed by atoms with Crippen molar-refractivity contribution in [2.24, 2.45) is 0 Å². The lowest BCUT2D eigenvalue weighted by atomic mass is 10.2. The van der Waals surface area contributed by atoms with E-state index in [1.165, 1.54) is 0 Å². The summed E-state index contributed by atoms with van der Waals surface area (Å²) in [6, 6.07) is 3.84. The molecule has 1 aromatic rings. The predicted molar refractivity (Wildman–Crippen MR) is 51.4 cm³/mol. The molecule has 0 N–H and O–H groups in total. The molecule has 0 bridgehead atoms. The van der Waals surface area contributed by atoms with Gasteiger partial charge in [0.1, 0.15) is 6.10 Å². The molecule has 1 atom stereocenters. The fourth-order valence-electron chi connectivity index (χ4n) is 1.28. The van der Waals surface area contributed by atoms with E-state index in [4.69, 9.17) is 9.47 Å². The highest BCUT2D eigenvalue weighted by atomic mass is 79.9. The topological polar surface area (TPSA) is 31.4 Å². The molecule has 0 amide bonds. The van der Waals surface area contributed by atoms with E-state index in [1.807, 2.05) is 12.1 Å². The van der Waals surface area contributed by atoms with Gasteiger partial charge < -0.3 is 9.47 Å². The van der Waals surface area contributed by atoms with E-state index >= 15 is 0 Å². The van der Waals surface area contributed by atoms with Crippen LogP contribution in [-0.4, -0.2) is 24.8 Å². The van der Waals surface area contributed by atoms with Gasteiger partial charge in [-0.05, 0) is 28.1 Å². The van der Waals surface area contributed by atoms with Gasteiger partial charge in [-0.25, -0.2) is 0 Å². The van der Waals surface area contributed by atoms with Crippen LogP contribution in [0.15, 0.2) is 22.8 Å². The van der Waals surface area contributed by atoms with Gasteiger partial charge in [-0.3, -0.25) is 4.98 Å². The van der Waals surface area contributed by atoms with Crippen molar-refractivity contribution >= 4 is 15.9 Å². The smallest absolute Gasteiger partial charge is 0.124 e. The number of nitrogens with zero attached hydrogens (tertiary/aromatic N) is 1. The molecule has 1 saturated heterocycles. The van der Waals surface area contributed by atoms with Crippen molar-refractivity contribution < 1.29 is 9.47 Å². The van der Waals surface area contributed by atoms with Crippen molar-refractivity contribution in [3.8, 4) is 0 Å². The summed E-state index contributed by atoms with van der Waals surface area (Å²) >= 11 is 3.43. The monoisotopic (exact) mass is 243 g/mol. The maximum atomic E-state index is 5.53. The number of ether oxygens (including phenoxy) is 2. The highest BCUT2D eigenvalue weighted by Crippen LogP contribution is 2.25. The molecule has 3 nitrogen and oxygen atoms in total. The van der Waals surface area contributed by atoms with Crippen molar-refractivity contribution in [1.29, 1.82) is 0 Å². The first-order chi connectivity index (χ1) is 6.38. The Hall–Kier alpha value is -0.450. The summed E-state index contributed by atoms with van der Waals surface area (Å²) in [6.07, 6.45) is 1.74. The minimum absolute atomic E-state index is 0.0238. The summed E-state index contributed by atoms with van der Waals surface area (Å²) < 4.78 is 11.8. The van der Waals surface area contributed by atoms with Crippen LogP contribution >= 0.6 is 15.9 Å². The van der Waals surface area contributed by atoms with Gasteiger partial charge in [0.15, 0.2) is 0 Å². The Labute approximate surface area is 85.2 Å². The van der Waals surface area contributed by atoms with Crippen LogP contribution in [0.25, 0.3) is 0 Å². The van der Waals surface area contributed by atoms with E-state index in [0.717, 1.165) is 10.2 Å². The second kappa shape index (κ2) is 4.17. The van der Waals surface area contributed by atoms with Crippen molar-refractivity contribution in [2.75, 3.05) is 19.8 Å². The van der Waals surface area contributed by atoms with Crippen LogP contribution < -0.4 is 0 Å². The zero-order valence-electron chi connectivity index (χ0n) is 7.07. The minimum Gasteiger partial charge on any atom is -0.376 e. The Kier molecular flexibility index (Phi) is 2.93. The quantitative estimate of drug-likeness (QED) is 0.756. The number of halogens is 1. The zero-order valence-corrected chi connectivity index (χ0v) is 8.66. The van der Waals surface area contributed by atoms with E-state index in [-0.39, 0.29) is 6.10 Å². The molecule has 4 heteroatoms. The first kappa shape index (κ1) is 9.12. The van der Waals surface area contributed by atoms with Gasteiger partial charge in [-0.2, -0.15) is 0 Å². The van der Waals surface area contributed by atoms with Crippen LogP contribution in [0.2, 0.25) is 0 Å². The van der Waals surface area contributed by atoms with Crippen LogP contribution in [-0.2, 0) is 9.47 Å². The Morgan fingerprint density at radius 3 is 3.08 bits per heavy atom. The summed E-state index contributed by atoms with van der Waals surface area (Å²) in [5.74, 6) is 0. The van der Waals surface area contributed by atoms with Gasteiger partial charge in [0.2, 0.25) is 0 Å². The Balaban J connectivity index is 2.18. The summed E-state index contributed by atoms with van der Waals surface area (Å²) in [5, 5.41) is 0. The van der Waals surface area contributed by atoms with Gasteiger partial charge in [-0.1, -0.05) is 0 Å². The molecule has 0 saturated carbocycles. The fraction of sp³-hybridized carbons (Fsp3) is 0.444. The molecule has 2 rings (SSSR count). The molecule has 0 spiro atoms. The third-order valence-electron chi connectivity index (χ3n) is 1.91. The maximum absolute atomic E-state index is 5.53. The molecule has 0 radical (unpaired) electrons. The lowest BCUT2D eigenvalue weighted by Gasteiger charge is -2.22. The average molecular weight is 244 g/mol. The molecule has 13 heavy (non-hydrogen) atoms. The molecule has 0 aromatic carbocycles. The van der Waals surface area contributed by atoms with E-state index in [9.17, 15) is 0 Å². The van der Waals surface area contributed by atoms with E-state index in [1.54, 1.807) is 6.20 Å². The average Bonchev–Trinajstić information content (AvgIpc) is 2.20. The van der Waals surface area contributed by atoms with Gasteiger partial charge in [0.05, 0.1) is 25.5 Å². The van der Waals surface area contributed by atoms with Gasteiger partial charge in [0.25, 0.3) is 0 Å². The van der Waals surface area contributed by atoms with Crippen LogP contribution in [0.3, 0.4) is 0 Å². The molecule has 1 aliphatic heterocycles. The number of pyridine rings is 1. The molecule has 70 valence electrons. The Morgan fingerprint density at radius 1 is 1.46 bits per heavy atom.